The minimum Gasteiger partial charge on any atom is -0.478 e. The molecule has 7 nitrogen and oxygen atoms in total. The first-order valence-corrected chi connectivity index (χ1v) is 7.16. The fourth-order valence-electron chi connectivity index (χ4n) is 2.21. The highest BCUT2D eigenvalue weighted by Gasteiger charge is 2.13. The summed E-state index contributed by atoms with van der Waals surface area (Å²) in [5.41, 5.74) is 1.93. The lowest BCUT2D eigenvalue weighted by atomic mass is 10.1. The molecule has 2 aromatic carbocycles. The van der Waals surface area contributed by atoms with Crippen LogP contribution in [0.2, 0.25) is 0 Å². The van der Waals surface area contributed by atoms with Crippen molar-refractivity contribution in [3.05, 3.63) is 70.5 Å². The van der Waals surface area contributed by atoms with Gasteiger partial charge in [0.1, 0.15) is 0 Å². The summed E-state index contributed by atoms with van der Waals surface area (Å²) in [4.78, 5) is 23.1. The molecule has 3 aromatic rings. The van der Waals surface area contributed by atoms with Gasteiger partial charge in [0.25, 0.3) is 5.56 Å². The van der Waals surface area contributed by atoms with Crippen molar-refractivity contribution in [2.45, 2.75) is 0 Å². The molecule has 0 aliphatic rings. The van der Waals surface area contributed by atoms with E-state index >= 15 is 0 Å². The smallest absolute Gasteiger partial charge is 0.335 e. The van der Waals surface area contributed by atoms with E-state index in [1.54, 1.807) is 7.05 Å². The number of carbonyl (C=O) groups is 1. The van der Waals surface area contributed by atoms with Crippen molar-refractivity contribution in [1.29, 1.82) is 0 Å². The van der Waals surface area contributed by atoms with Crippen LogP contribution in [0.5, 0.6) is 0 Å². The molecular weight excluding hydrogens is 308 g/mol. The zero-order valence-corrected chi connectivity index (χ0v) is 12.8. The first-order chi connectivity index (χ1) is 11.6. The van der Waals surface area contributed by atoms with Gasteiger partial charge in [-0.1, -0.05) is 30.3 Å². The maximum Gasteiger partial charge on any atom is 0.335 e. The van der Waals surface area contributed by atoms with E-state index in [1.165, 1.54) is 28.9 Å². The van der Waals surface area contributed by atoms with Gasteiger partial charge >= 0.3 is 5.97 Å². The molecule has 0 saturated carbocycles. The lowest BCUT2D eigenvalue weighted by molar-refractivity contribution is 0.0697. The molecule has 0 fully saturated rings. The second-order valence-electron chi connectivity index (χ2n) is 5.12. The van der Waals surface area contributed by atoms with Gasteiger partial charge in [0.15, 0.2) is 5.69 Å². The molecule has 2 N–H and O–H groups in total. The zero-order chi connectivity index (χ0) is 17.1. The average molecular weight is 322 g/mol. The number of carboxylic acids is 1. The Labute approximate surface area is 136 Å². The topological polar surface area (TPSA) is 99.8 Å². The number of carboxylic acid groups (broad SMARTS) is 1. The first kappa shape index (κ1) is 15.4. The molecule has 1 aromatic heterocycles. The number of H-pyrrole nitrogens is 1. The molecule has 7 heteroatoms. The fourth-order valence-corrected chi connectivity index (χ4v) is 2.21. The second kappa shape index (κ2) is 6.33. The summed E-state index contributed by atoms with van der Waals surface area (Å²) in [5, 5.41) is 19.9. The summed E-state index contributed by atoms with van der Waals surface area (Å²) in [5.74, 6) is -1.01. The number of benzene rings is 2. The van der Waals surface area contributed by atoms with Gasteiger partial charge in [-0.05, 0) is 24.3 Å². The highest BCUT2D eigenvalue weighted by atomic mass is 16.4. The maximum atomic E-state index is 12.2. The van der Waals surface area contributed by atoms with Crippen LogP contribution < -0.4 is 5.56 Å². The number of hydrogen-bond donors (Lipinski definition) is 2. The van der Waals surface area contributed by atoms with Crippen LogP contribution in [-0.2, 0) is 7.05 Å². The molecule has 3 rings (SSSR count). The number of nitrogens with one attached hydrogen (secondary N) is 1. The van der Waals surface area contributed by atoms with Gasteiger partial charge in [-0.25, -0.2) is 4.79 Å². The van der Waals surface area contributed by atoms with Crippen molar-refractivity contribution in [3.8, 4) is 11.3 Å². The van der Waals surface area contributed by atoms with Gasteiger partial charge in [0.05, 0.1) is 16.9 Å². The molecule has 0 bridgehead atoms. The number of nitrogens with zero attached hydrogens (tertiary/aromatic N) is 3. The highest BCUT2D eigenvalue weighted by Crippen LogP contribution is 2.26. The predicted molar refractivity (Wildman–Crippen MR) is 89.0 cm³/mol. The van der Waals surface area contributed by atoms with E-state index in [2.05, 4.69) is 15.3 Å². The van der Waals surface area contributed by atoms with Crippen LogP contribution in [0.1, 0.15) is 10.4 Å². The molecule has 0 aliphatic carbocycles. The normalized spacial score (nSPS) is 11.0. The minimum atomic E-state index is -1.01. The zero-order valence-electron chi connectivity index (χ0n) is 12.8. The van der Waals surface area contributed by atoms with E-state index < -0.39 is 5.97 Å². The van der Waals surface area contributed by atoms with E-state index in [0.29, 0.717) is 11.4 Å². The van der Waals surface area contributed by atoms with Gasteiger partial charge < -0.3 is 5.11 Å². The fraction of sp³-hybridized carbons (Fsp3) is 0.0588. The standard InChI is InChI=1S/C17H14N4O3/c1-21-16(22)15(14(20-21)11-5-3-2-4-6-11)19-18-13-9-7-12(8-10-13)17(23)24/h2-10,20H,1H3,(H,23,24). The van der Waals surface area contributed by atoms with Crippen LogP contribution in [0.25, 0.3) is 11.3 Å². The SMILES string of the molecule is Cn1[nH]c(-c2ccccc2)c(N=Nc2ccc(C(=O)O)cc2)c1=O. The lowest BCUT2D eigenvalue weighted by Crippen LogP contribution is -2.10. The summed E-state index contributed by atoms with van der Waals surface area (Å²) in [6.07, 6.45) is 0. The van der Waals surface area contributed by atoms with Crippen LogP contribution in [-0.4, -0.2) is 20.9 Å². The second-order valence-corrected chi connectivity index (χ2v) is 5.12. The van der Waals surface area contributed by atoms with Gasteiger partial charge in [-0.15, -0.1) is 5.11 Å². The Morgan fingerprint density at radius 2 is 1.71 bits per heavy atom. The Morgan fingerprint density at radius 1 is 1.04 bits per heavy atom. The molecule has 0 spiro atoms. The number of aromatic carboxylic acids is 1. The molecular formula is C17H14N4O3. The quantitative estimate of drug-likeness (QED) is 0.719. The molecule has 0 aliphatic heterocycles. The largest absolute Gasteiger partial charge is 0.478 e. The predicted octanol–water partition coefficient (Wildman–Crippen LogP) is 3.49. The van der Waals surface area contributed by atoms with Crippen molar-refractivity contribution < 1.29 is 9.90 Å². The third-order valence-electron chi connectivity index (χ3n) is 3.47. The van der Waals surface area contributed by atoms with Crippen molar-refractivity contribution in [3.63, 3.8) is 0 Å². The van der Waals surface area contributed by atoms with Crippen molar-refractivity contribution >= 4 is 17.3 Å². The minimum absolute atomic E-state index is 0.163. The first-order valence-electron chi connectivity index (χ1n) is 7.16. The molecule has 120 valence electrons. The van der Waals surface area contributed by atoms with E-state index in [0.717, 1.165) is 5.56 Å². The third-order valence-corrected chi connectivity index (χ3v) is 3.47. The summed E-state index contributed by atoms with van der Waals surface area (Å²) in [7, 11) is 1.61. The Bertz CT molecular complexity index is 954. The summed E-state index contributed by atoms with van der Waals surface area (Å²) in [6.45, 7) is 0. The lowest BCUT2D eigenvalue weighted by Gasteiger charge is -1.98. The van der Waals surface area contributed by atoms with Crippen LogP contribution in [0.3, 0.4) is 0 Å². The monoisotopic (exact) mass is 322 g/mol. The number of hydrogen-bond acceptors (Lipinski definition) is 4. The summed E-state index contributed by atoms with van der Waals surface area (Å²) < 4.78 is 1.34. The van der Waals surface area contributed by atoms with Gasteiger partial charge in [0, 0.05) is 12.6 Å². The number of aromatic nitrogens is 2. The van der Waals surface area contributed by atoms with E-state index in [1.807, 2.05) is 30.3 Å². The van der Waals surface area contributed by atoms with Crippen LogP contribution in [0.15, 0.2) is 69.6 Å². The van der Waals surface area contributed by atoms with Crippen LogP contribution in [0, 0.1) is 0 Å². The van der Waals surface area contributed by atoms with Crippen molar-refractivity contribution in [2.75, 3.05) is 0 Å². The molecule has 0 saturated heterocycles. The Hall–Kier alpha value is -3.48. The third kappa shape index (κ3) is 3.00. The molecule has 0 unspecified atom stereocenters. The Balaban J connectivity index is 1.98. The maximum absolute atomic E-state index is 12.2. The van der Waals surface area contributed by atoms with E-state index in [4.69, 9.17) is 5.11 Å². The van der Waals surface area contributed by atoms with Crippen molar-refractivity contribution in [2.24, 2.45) is 17.3 Å². The molecule has 0 radical (unpaired) electrons. The van der Waals surface area contributed by atoms with Crippen LogP contribution in [0.4, 0.5) is 11.4 Å². The van der Waals surface area contributed by atoms with E-state index in [-0.39, 0.29) is 16.8 Å². The molecule has 1 heterocycles. The molecule has 0 amide bonds. The van der Waals surface area contributed by atoms with Gasteiger partial charge in [0.2, 0.25) is 0 Å². The Kier molecular flexibility index (Phi) is 4.07. The summed E-state index contributed by atoms with van der Waals surface area (Å²) in [6, 6.07) is 15.3. The number of azo groups is 1. The van der Waals surface area contributed by atoms with Gasteiger partial charge in [-0.2, -0.15) is 5.11 Å². The summed E-state index contributed by atoms with van der Waals surface area (Å²) >= 11 is 0. The highest BCUT2D eigenvalue weighted by molar-refractivity contribution is 5.87. The molecule has 24 heavy (non-hydrogen) atoms. The van der Waals surface area contributed by atoms with Crippen LogP contribution >= 0.6 is 0 Å². The number of aromatic amines is 1. The van der Waals surface area contributed by atoms with E-state index in [9.17, 15) is 9.59 Å². The van der Waals surface area contributed by atoms with Gasteiger partial charge in [-0.3, -0.25) is 14.6 Å². The van der Waals surface area contributed by atoms with Crippen molar-refractivity contribution in [1.82, 2.24) is 9.78 Å². The molecule has 0 atom stereocenters. The number of aryl methyl sites for hydroxylation is 1. The Morgan fingerprint density at radius 3 is 2.33 bits per heavy atom. The number of rotatable bonds is 4. The average Bonchev–Trinajstić information content (AvgIpc) is 2.89.